The lowest BCUT2D eigenvalue weighted by Crippen LogP contribution is -2.48. The van der Waals surface area contributed by atoms with Gasteiger partial charge in [0.2, 0.25) is 5.91 Å². The highest BCUT2D eigenvalue weighted by Crippen LogP contribution is 2.30. The van der Waals surface area contributed by atoms with E-state index in [2.05, 4.69) is 13.8 Å². The van der Waals surface area contributed by atoms with E-state index >= 15 is 0 Å². The van der Waals surface area contributed by atoms with Gasteiger partial charge in [-0.05, 0) is 26.8 Å². The maximum atomic E-state index is 12.0. The molecule has 0 bridgehead atoms. The van der Waals surface area contributed by atoms with Crippen LogP contribution in [0.4, 0.5) is 0 Å². The van der Waals surface area contributed by atoms with Crippen molar-refractivity contribution in [1.29, 1.82) is 0 Å². The van der Waals surface area contributed by atoms with Crippen molar-refractivity contribution < 1.29 is 4.79 Å². The standard InChI is InChI=1S/C11H22N2OS/c1-9(4-5-12)10(14)13-6-7-15-11(2,3)8-13/h9H,4-8,12H2,1-3H3. The molecule has 1 fully saturated rings. The van der Waals surface area contributed by atoms with Gasteiger partial charge in [-0.3, -0.25) is 4.79 Å². The Bertz CT molecular complexity index is 231. The molecule has 0 spiro atoms. The number of hydrogen-bond donors (Lipinski definition) is 1. The van der Waals surface area contributed by atoms with Crippen LogP contribution in [0.25, 0.3) is 0 Å². The maximum Gasteiger partial charge on any atom is 0.225 e. The van der Waals surface area contributed by atoms with E-state index < -0.39 is 0 Å². The summed E-state index contributed by atoms with van der Waals surface area (Å²) in [6.45, 7) is 8.73. The van der Waals surface area contributed by atoms with Crippen LogP contribution in [0.5, 0.6) is 0 Å². The third-order valence-electron chi connectivity index (χ3n) is 2.76. The Balaban J connectivity index is 2.52. The fraction of sp³-hybridized carbons (Fsp3) is 0.909. The molecule has 0 aliphatic carbocycles. The summed E-state index contributed by atoms with van der Waals surface area (Å²) in [6.07, 6.45) is 0.795. The molecule has 0 radical (unpaired) electrons. The second kappa shape index (κ2) is 5.21. The van der Waals surface area contributed by atoms with Gasteiger partial charge in [-0.15, -0.1) is 0 Å². The van der Waals surface area contributed by atoms with Gasteiger partial charge in [0.15, 0.2) is 0 Å². The third kappa shape index (κ3) is 3.68. The molecule has 1 heterocycles. The Morgan fingerprint density at radius 1 is 1.60 bits per heavy atom. The van der Waals surface area contributed by atoms with E-state index in [0.717, 1.165) is 25.3 Å². The first kappa shape index (κ1) is 12.8. The molecular weight excluding hydrogens is 208 g/mol. The van der Waals surface area contributed by atoms with Crippen LogP contribution in [0.15, 0.2) is 0 Å². The Kier molecular flexibility index (Phi) is 4.46. The molecule has 1 aliphatic rings. The summed E-state index contributed by atoms with van der Waals surface area (Å²) in [4.78, 5) is 14.0. The van der Waals surface area contributed by atoms with Gasteiger partial charge in [0.25, 0.3) is 0 Å². The number of nitrogens with zero attached hydrogens (tertiary/aromatic N) is 1. The monoisotopic (exact) mass is 230 g/mol. The average Bonchev–Trinajstić information content (AvgIpc) is 2.15. The predicted molar refractivity (Wildman–Crippen MR) is 66.0 cm³/mol. The second-order valence-electron chi connectivity index (χ2n) is 4.85. The van der Waals surface area contributed by atoms with Crippen molar-refractivity contribution in [2.24, 2.45) is 11.7 Å². The van der Waals surface area contributed by atoms with Crippen molar-refractivity contribution in [3.05, 3.63) is 0 Å². The van der Waals surface area contributed by atoms with Crippen LogP contribution in [0.2, 0.25) is 0 Å². The first-order valence-electron chi connectivity index (χ1n) is 5.59. The Hall–Kier alpha value is -0.220. The average molecular weight is 230 g/mol. The van der Waals surface area contributed by atoms with E-state index in [9.17, 15) is 4.79 Å². The molecule has 88 valence electrons. The van der Waals surface area contributed by atoms with Crippen molar-refractivity contribution in [3.63, 3.8) is 0 Å². The summed E-state index contributed by atoms with van der Waals surface area (Å²) in [5.74, 6) is 1.40. The Morgan fingerprint density at radius 2 is 2.27 bits per heavy atom. The zero-order chi connectivity index (χ0) is 11.5. The van der Waals surface area contributed by atoms with Crippen molar-refractivity contribution in [2.45, 2.75) is 31.9 Å². The summed E-state index contributed by atoms with van der Waals surface area (Å²) < 4.78 is 0.205. The van der Waals surface area contributed by atoms with Crippen LogP contribution >= 0.6 is 11.8 Å². The highest BCUT2D eigenvalue weighted by Gasteiger charge is 2.31. The van der Waals surface area contributed by atoms with E-state index in [4.69, 9.17) is 5.73 Å². The molecule has 1 rings (SSSR count). The van der Waals surface area contributed by atoms with Gasteiger partial charge in [0.05, 0.1) is 0 Å². The zero-order valence-corrected chi connectivity index (χ0v) is 10.8. The van der Waals surface area contributed by atoms with Gasteiger partial charge in [0, 0.05) is 29.5 Å². The van der Waals surface area contributed by atoms with Crippen LogP contribution < -0.4 is 5.73 Å². The number of thioether (sulfide) groups is 1. The van der Waals surface area contributed by atoms with E-state index in [0.29, 0.717) is 6.54 Å². The second-order valence-corrected chi connectivity index (χ2v) is 6.65. The minimum absolute atomic E-state index is 0.0777. The smallest absolute Gasteiger partial charge is 0.225 e. The van der Waals surface area contributed by atoms with Crippen LogP contribution in [0.3, 0.4) is 0 Å². The number of amides is 1. The Morgan fingerprint density at radius 3 is 2.80 bits per heavy atom. The topological polar surface area (TPSA) is 46.3 Å². The Labute approximate surface area is 96.8 Å². The van der Waals surface area contributed by atoms with E-state index in [1.54, 1.807) is 0 Å². The fourth-order valence-electron chi connectivity index (χ4n) is 1.89. The molecule has 0 aromatic rings. The fourth-order valence-corrected chi connectivity index (χ4v) is 3.00. The van der Waals surface area contributed by atoms with E-state index in [1.165, 1.54) is 0 Å². The zero-order valence-electron chi connectivity index (χ0n) is 9.95. The number of carbonyl (C=O) groups is 1. The first-order chi connectivity index (χ1) is 6.96. The van der Waals surface area contributed by atoms with Gasteiger partial charge < -0.3 is 10.6 Å². The van der Waals surface area contributed by atoms with Gasteiger partial charge in [0.1, 0.15) is 0 Å². The summed E-state index contributed by atoms with van der Waals surface area (Å²) in [7, 11) is 0. The molecule has 1 saturated heterocycles. The van der Waals surface area contributed by atoms with Gasteiger partial charge in [-0.2, -0.15) is 11.8 Å². The quantitative estimate of drug-likeness (QED) is 0.795. The molecule has 1 atom stereocenters. The largest absolute Gasteiger partial charge is 0.340 e. The lowest BCUT2D eigenvalue weighted by molar-refractivity contribution is -0.135. The lowest BCUT2D eigenvalue weighted by Gasteiger charge is -2.38. The summed E-state index contributed by atoms with van der Waals surface area (Å²) in [5.41, 5.74) is 5.48. The van der Waals surface area contributed by atoms with Gasteiger partial charge in [-0.25, -0.2) is 0 Å². The summed E-state index contributed by atoms with van der Waals surface area (Å²) >= 11 is 1.95. The van der Waals surface area contributed by atoms with Gasteiger partial charge >= 0.3 is 0 Å². The molecule has 1 amide bonds. The summed E-state index contributed by atoms with van der Waals surface area (Å²) in [6, 6.07) is 0. The lowest BCUT2D eigenvalue weighted by atomic mass is 10.1. The molecule has 0 aromatic carbocycles. The molecule has 0 saturated carbocycles. The van der Waals surface area contributed by atoms with Crippen molar-refractivity contribution in [3.8, 4) is 0 Å². The van der Waals surface area contributed by atoms with Crippen LogP contribution in [0, 0.1) is 5.92 Å². The normalized spacial score (nSPS) is 22.5. The van der Waals surface area contributed by atoms with Crippen molar-refractivity contribution >= 4 is 17.7 Å². The first-order valence-corrected chi connectivity index (χ1v) is 6.57. The predicted octanol–water partition coefficient (Wildman–Crippen LogP) is 1.33. The maximum absolute atomic E-state index is 12.0. The third-order valence-corrected chi connectivity index (χ3v) is 4.06. The van der Waals surface area contributed by atoms with Crippen molar-refractivity contribution in [1.82, 2.24) is 4.90 Å². The van der Waals surface area contributed by atoms with Crippen LogP contribution in [-0.4, -0.2) is 40.9 Å². The molecule has 15 heavy (non-hydrogen) atoms. The number of nitrogens with two attached hydrogens (primary N) is 1. The molecular formula is C11H22N2OS. The molecule has 1 unspecified atom stereocenters. The van der Waals surface area contributed by atoms with Gasteiger partial charge in [-0.1, -0.05) is 6.92 Å². The van der Waals surface area contributed by atoms with Crippen LogP contribution in [-0.2, 0) is 4.79 Å². The number of rotatable bonds is 3. The van der Waals surface area contributed by atoms with Crippen molar-refractivity contribution in [2.75, 3.05) is 25.4 Å². The minimum atomic E-state index is 0.0777. The molecule has 4 heteroatoms. The molecule has 2 N–H and O–H groups in total. The molecule has 0 aromatic heterocycles. The highest BCUT2D eigenvalue weighted by atomic mass is 32.2. The van der Waals surface area contributed by atoms with Crippen LogP contribution in [0.1, 0.15) is 27.2 Å². The minimum Gasteiger partial charge on any atom is -0.340 e. The number of hydrogen-bond acceptors (Lipinski definition) is 3. The number of carbonyl (C=O) groups excluding carboxylic acids is 1. The SMILES string of the molecule is CC(CCN)C(=O)N1CCSC(C)(C)C1. The summed E-state index contributed by atoms with van der Waals surface area (Å²) in [5, 5.41) is 0. The molecule has 3 nitrogen and oxygen atoms in total. The van der Waals surface area contributed by atoms with E-state index in [1.807, 2.05) is 23.6 Å². The highest BCUT2D eigenvalue weighted by molar-refractivity contribution is 8.00. The van der Waals surface area contributed by atoms with E-state index in [-0.39, 0.29) is 16.6 Å². The molecule has 1 aliphatic heterocycles.